The zero-order valence-corrected chi connectivity index (χ0v) is 16.0. The van der Waals surface area contributed by atoms with Crippen LogP contribution in [0.2, 0.25) is 0 Å². The molecule has 10 heteroatoms. The van der Waals surface area contributed by atoms with Crippen molar-refractivity contribution in [1.29, 1.82) is 0 Å². The summed E-state index contributed by atoms with van der Waals surface area (Å²) in [4.78, 5) is 36.3. The maximum Gasteiger partial charge on any atom is 0.269 e. The molecule has 3 aromatic carbocycles. The zero-order chi connectivity index (χ0) is 21.5. The average Bonchev–Trinajstić information content (AvgIpc) is 2.98. The fourth-order valence-corrected chi connectivity index (χ4v) is 4.13. The number of benzene rings is 3. The second-order valence-electron chi connectivity index (χ2n) is 6.40. The van der Waals surface area contributed by atoms with Crippen molar-refractivity contribution in [2.45, 2.75) is 4.90 Å². The molecule has 0 saturated heterocycles. The molecule has 1 heterocycles. The number of nitrogens with one attached hydrogen (secondary N) is 1. The first kappa shape index (κ1) is 19.3. The third-order valence-electron chi connectivity index (χ3n) is 4.51. The lowest BCUT2D eigenvalue weighted by Gasteiger charge is -2.13. The third kappa shape index (κ3) is 3.29. The molecule has 0 aliphatic carbocycles. The van der Waals surface area contributed by atoms with E-state index in [2.05, 4.69) is 4.72 Å². The molecule has 3 aromatic rings. The molecule has 0 aromatic heterocycles. The van der Waals surface area contributed by atoms with E-state index in [1.807, 2.05) is 0 Å². The molecular weight excluding hydrogens is 410 g/mol. The van der Waals surface area contributed by atoms with Gasteiger partial charge in [0.1, 0.15) is 0 Å². The Kier molecular flexibility index (Phi) is 4.55. The monoisotopic (exact) mass is 423 g/mol. The van der Waals surface area contributed by atoms with Crippen molar-refractivity contribution >= 4 is 38.9 Å². The fourth-order valence-electron chi connectivity index (χ4n) is 3.08. The predicted molar refractivity (Wildman–Crippen MR) is 108 cm³/mol. The van der Waals surface area contributed by atoms with E-state index in [0.717, 1.165) is 29.2 Å². The van der Waals surface area contributed by atoms with Crippen molar-refractivity contribution in [2.75, 3.05) is 9.62 Å². The van der Waals surface area contributed by atoms with Crippen LogP contribution in [0.25, 0.3) is 0 Å². The number of hydrogen-bond donors (Lipinski definition) is 1. The number of anilines is 2. The Labute approximate surface area is 170 Å². The molecule has 0 atom stereocenters. The number of non-ortho nitro benzene ring substituents is 1. The minimum atomic E-state index is -4.05. The Bertz CT molecular complexity index is 1290. The van der Waals surface area contributed by atoms with Crippen LogP contribution in [0.5, 0.6) is 0 Å². The summed E-state index contributed by atoms with van der Waals surface area (Å²) in [5.41, 5.74) is 0.506. The van der Waals surface area contributed by atoms with Gasteiger partial charge in [0, 0.05) is 17.8 Å². The first-order valence-corrected chi connectivity index (χ1v) is 10.1. The van der Waals surface area contributed by atoms with E-state index in [4.69, 9.17) is 0 Å². The van der Waals surface area contributed by atoms with Crippen LogP contribution in [-0.4, -0.2) is 25.2 Å². The van der Waals surface area contributed by atoms with Crippen LogP contribution in [0.3, 0.4) is 0 Å². The second-order valence-corrected chi connectivity index (χ2v) is 8.08. The van der Waals surface area contributed by atoms with Crippen molar-refractivity contribution in [3.8, 4) is 0 Å². The molecule has 30 heavy (non-hydrogen) atoms. The number of carbonyl (C=O) groups is 2. The number of fused-ring (bicyclic) bond motifs is 1. The number of nitro groups is 1. The SMILES string of the molecule is O=C1c2ccc(NS(=O)(=O)c3ccc([N+](=O)[O-])cc3)cc2C(=O)N1c1ccccc1. The van der Waals surface area contributed by atoms with Gasteiger partial charge in [0.25, 0.3) is 27.5 Å². The Morgan fingerprint density at radius 2 is 1.47 bits per heavy atom. The lowest BCUT2D eigenvalue weighted by Crippen LogP contribution is -2.29. The molecule has 9 nitrogen and oxygen atoms in total. The topological polar surface area (TPSA) is 127 Å². The van der Waals surface area contributed by atoms with Gasteiger partial charge in [0.15, 0.2) is 0 Å². The number of para-hydroxylation sites is 1. The Hall–Kier alpha value is -4.05. The summed E-state index contributed by atoms with van der Waals surface area (Å²) in [7, 11) is -4.05. The van der Waals surface area contributed by atoms with Gasteiger partial charge >= 0.3 is 0 Å². The smallest absolute Gasteiger partial charge is 0.269 e. The number of imide groups is 1. The van der Waals surface area contributed by atoms with Crippen LogP contribution in [0, 0.1) is 10.1 Å². The molecule has 2 amide bonds. The van der Waals surface area contributed by atoms with Crippen LogP contribution in [0.4, 0.5) is 17.1 Å². The molecule has 0 radical (unpaired) electrons. The largest absolute Gasteiger partial charge is 0.280 e. The first-order valence-electron chi connectivity index (χ1n) is 8.63. The number of hydrogen-bond acceptors (Lipinski definition) is 6. The van der Waals surface area contributed by atoms with Gasteiger partial charge in [-0.3, -0.25) is 24.4 Å². The van der Waals surface area contributed by atoms with Gasteiger partial charge in [-0.05, 0) is 42.5 Å². The lowest BCUT2D eigenvalue weighted by molar-refractivity contribution is -0.384. The van der Waals surface area contributed by atoms with Gasteiger partial charge in [-0.2, -0.15) is 0 Å². The fraction of sp³-hybridized carbons (Fsp3) is 0. The van der Waals surface area contributed by atoms with Gasteiger partial charge in [0.05, 0.1) is 26.6 Å². The van der Waals surface area contributed by atoms with E-state index >= 15 is 0 Å². The van der Waals surface area contributed by atoms with Crippen molar-refractivity contribution in [3.63, 3.8) is 0 Å². The molecule has 1 aliphatic heterocycles. The molecule has 0 spiro atoms. The van der Waals surface area contributed by atoms with Gasteiger partial charge in [-0.15, -0.1) is 0 Å². The first-order chi connectivity index (χ1) is 14.3. The van der Waals surface area contributed by atoms with Crippen LogP contribution < -0.4 is 9.62 Å². The third-order valence-corrected chi connectivity index (χ3v) is 5.91. The molecule has 0 fully saturated rings. The molecule has 4 rings (SSSR count). The predicted octanol–water partition coefficient (Wildman–Crippen LogP) is 3.20. The molecule has 1 aliphatic rings. The minimum absolute atomic E-state index is 0.0766. The summed E-state index contributed by atoms with van der Waals surface area (Å²) < 4.78 is 27.5. The highest BCUT2D eigenvalue weighted by Crippen LogP contribution is 2.30. The zero-order valence-electron chi connectivity index (χ0n) is 15.2. The van der Waals surface area contributed by atoms with E-state index in [9.17, 15) is 28.1 Å². The summed E-state index contributed by atoms with van der Waals surface area (Å²) in [6.07, 6.45) is 0. The van der Waals surface area contributed by atoms with Crippen molar-refractivity contribution in [2.24, 2.45) is 0 Å². The number of nitrogens with zero attached hydrogens (tertiary/aromatic N) is 2. The lowest BCUT2D eigenvalue weighted by atomic mass is 10.1. The van der Waals surface area contributed by atoms with Gasteiger partial charge in [-0.25, -0.2) is 13.3 Å². The molecular formula is C20H13N3O6S. The highest BCUT2D eigenvalue weighted by molar-refractivity contribution is 7.92. The van der Waals surface area contributed by atoms with Crippen molar-refractivity contribution in [1.82, 2.24) is 0 Å². The standard InChI is InChI=1S/C20H13N3O6S/c24-19-17-11-6-13(12-18(17)20(25)22(19)14-4-2-1-3-5-14)21-30(28,29)16-9-7-15(8-10-16)23(26)27/h1-12,21H. The maximum absolute atomic E-state index is 12.8. The Balaban J connectivity index is 1.63. The van der Waals surface area contributed by atoms with Crippen molar-refractivity contribution < 1.29 is 22.9 Å². The molecule has 0 saturated carbocycles. The number of rotatable bonds is 5. The van der Waals surface area contributed by atoms with Crippen LogP contribution in [0.1, 0.15) is 20.7 Å². The maximum atomic E-state index is 12.8. The Morgan fingerprint density at radius 3 is 2.10 bits per heavy atom. The Morgan fingerprint density at radius 1 is 0.833 bits per heavy atom. The number of carbonyl (C=O) groups excluding carboxylic acids is 2. The van der Waals surface area contributed by atoms with Crippen LogP contribution in [0.15, 0.2) is 77.7 Å². The average molecular weight is 423 g/mol. The normalized spacial score (nSPS) is 13.3. The highest BCUT2D eigenvalue weighted by atomic mass is 32.2. The minimum Gasteiger partial charge on any atom is -0.280 e. The van der Waals surface area contributed by atoms with E-state index in [1.54, 1.807) is 30.3 Å². The van der Waals surface area contributed by atoms with Crippen LogP contribution in [-0.2, 0) is 10.0 Å². The molecule has 1 N–H and O–H groups in total. The number of amides is 2. The molecule has 150 valence electrons. The van der Waals surface area contributed by atoms with E-state index in [-0.39, 0.29) is 27.4 Å². The van der Waals surface area contributed by atoms with Crippen molar-refractivity contribution in [3.05, 3.63) is 94.0 Å². The number of sulfonamides is 1. The summed E-state index contributed by atoms with van der Waals surface area (Å²) in [5, 5.41) is 10.7. The number of nitro benzene ring substituents is 1. The van der Waals surface area contributed by atoms with E-state index in [1.165, 1.54) is 18.2 Å². The van der Waals surface area contributed by atoms with Gasteiger partial charge in [-0.1, -0.05) is 18.2 Å². The van der Waals surface area contributed by atoms with Gasteiger partial charge < -0.3 is 0 Å². The quantitative estimate of drug-likeness (QED) is 0.381. The van der Waals surface area contributed by atoms with E-state index < -0.39 is 26.8 Å². The second kappa shape index (κ2) is 7.08. The summed E-state index contributed by atoms with van der Waals surface area (Å²) >= 11 is 0. The van der Waals surface area contributed by atoms with E-state index in [0.29, 0.717) is 5.69 Å². The highest BCUT2D eigenvalue weighted by Gasteiger charge is 2.37. The van der Waals surface area contributed by atoms with Crippen LogP contribution >= 0.6 is 0 Å². The summed E-state index contributed by atoms with van der Waals surface area (Å²) in [6, 6.07) is 16.8. The molecule has 0 bridgehead atoms. The molecule has 0 unspecified atom stereocenters. The summed E-state index contributed by atoms with van der Waals surface area (Å²) in [5.74, 6) is -1.05. The van der Waals surface area contributed by atoms with Gasteiger partial charge in [0.2, 0.25) is 0 Å². The summed E-state index contributed by atoms with van der Waals surface area (Å²) in [6.45, 7) is 0.